The number of aromatic nitrogens is 1. The molecule has 0 saturated heterocycles. The maximum absolute atomic E-state index is 13.1. The van der Waals surface area contributed by atoms with Crippen LogP contribution in [0.2, 0.25) is 5.02 Å². The van der Waals surface area contributed by atoms with E-state index in [0.717, 1.165) is 16.7 Å². The molecule has 3 aromatic rings. The summed E-state index contributed by atoms with van der Waals surface area (Å²) in [5.41, 5.74) is 0.660. The van der Waals surface area contributed by atoms with E-state index in [0.29, 0.717) is 11.3 Å². The SMILES string of the molecule is Cc1c(CC(=O)O)c2cc(O)c(Cl)cc2n1C(=O)c1ccc(OC(F)(F)C(F)F)s1. The predicted molar refractivity (Wildman–Crippen MR) is 100 cm³/mol. The van der Waals surface area contributed by atoms with Gasteiger partial charge in [0.15, 0.2) is 5.06 Å². The molecule has 0 radical (unpaired) electrons. The first-order chi connectivity index (χ1) is 13.9. The molecule has 0 unspecified atom stereocenters. The van der Waals surface area contributed by atoms with Gasteiger partial charge < -0.3 is 14.9 Å². The molecule has 0 aliphatic heterocycles. The molecule has 0 bridgehead atoms. The molecular formula is C18H12ClF4NO5S. The molecule has 3 rings (SSSR count). The van der Waals surface area contributed by atoms with Crippen LogP contribution in [0.15, 0.2) is 24.3 Å². The van der Waals surface area contributed by atoms with Crippen LogP contribution in [0.3, 0.4) is 0 Å². The number of nitrogens with zero attached hydrogens (tertiary/aromatic N) is 1. The van der Waals surface area contributed by atoms with E-state index < -0.39 is 35.9 Å². The van der Waals surface area contributed by atoms with E-state index in [1.165, 1.54) is 19.1 Å². The number of alkyl halides is 4. The normalized spacial score (nSPS) is 12.0. The van der Waals surface area contributed by atoms with Crippen molar-refractivity contribution in [2.75, 3.05) is 0 Å². The van der Waals surface area contributed by atoms with Crippen molar-refractivity contribution >= 4 is 45.7 Å². The molecule has 0 fully saturated rings. The van der Waals surface area contributed by atoms with Gasteiger partial charge in [0, 0.05) is 11.1 Å². The van der Waals surface area contributed by atoms with Crippen LogP contribution in [0.5, 0.6) is 10.8 Å². The first-order valence-electron chi connectivity index (χ1n) is 8.16. The first kappa shape index (κ1) is 21.9. The molecule has 0 atom stereocenters. The number of aliphatic carboxylic acids is 1. The van der Waals surface area contributed by atoms with Gasteiger partial charge in [-0.3, -0.25) is 14.2 Å². The van der Waals surface area contributed by atoms with Crippen LogP contribution < -0.4 is 4.74 Å². The third-order valence-corrected chi connectivity index (χ3v) is 5.47. The summed E-state index contributed by atoms with van der Waals surface area (Å²) in [6, 6.07) is 4.55. The summed E-state index contributed by atoms with van der Waals surface area (Å²) in [6.07, 6.45) is -9.23. The first-order valence-corrected chi connectivity index (χ1v) is 9.35. The van der Waals surface area contributed by atoms with Crippen LogP contribution in [0.4, 0.5) is 17.6 Å². The van der Waals surface area contributed by atoms with Gasteiger partial charge in [0.2, 0.25) is 0 Å². The number of rotatable bonds is 6. The van der Waals surface area contributed by atoms with Crippen LogP contribution in [-0.4, -0.2) is 39.2 Å². The molecule has 1 aromatic carbocycles. The number of phenolic OH excluding ortho intramolecular Hbond substituents is 1. The van der Waals surface area contributed by atoms with E-state index in [9.17, 15) is 32.3 Å². The minimum atomic E-state index is -4.72. The summed E-state index contributed by atoms with van der Waals surface area (Å²) in [5.74, 6) is -2.24. The topological polar surface area (TPSA) is 88.8 Å². The highest BCUT2D eigenvalue weighted by Gasteiger charge is 2.44. The summed E-state index contributed by atoms with van der Waals surface area (Å²) in [7, 11) is 0. The Labute approximate surface area is 174 Å². The lowest BCUT2D eigenvalue weighted by atomic mass is 10.1. The number of benzene rings is 1. The number of halogens is 5. The van der Waals surface area contributed by atoms with Crippen molar-refractivity contribution in [2.24, 2.45) is 0 Å². The molecule has 160 valence electrons. The number of carboxylic acid groups (broad SMARTS) is 1. The highest BCUT2D eigenvalue weighted by atomic mass is 35.5. The Balaban J connectivity index is 2.09. The Hall–Kier alpha value is -2.79. The minimum absolute atomic E-state index is 0.0947. The van der Waals surface area contributed by atoms with Crippen molar-refractivity contribution in [3.8, 4) is 10.8 Å². The number of carboxylic acids is 1. The van der Waals surface area contributed by atoms with E-state index >= 15 is 0 Å². The fourth-order valence-corrected chi connectivity index (χ4v) is 3.88. The Morgan fingerprint density at radius 2 is 1.97 bits per heavy atom. The summed E-state index contributed by atoms with van der Waals surface area (Å²) in [6.45, 7) is 1.47. The quantitative estimate of drug-likeness (QED) is 0.504. The smallest absolute Gasteiger partial charge is 0.461 e. The minimum Gasteiger partial charge on any atom is -0.506 e. The zero-order valence-electron chi connectivity index (χ0n) is 15.0. The number of carbonyl (C=O) groups is 2. The number of thiophene rings is 1. The molecule has 30 heavy (non-hydrogen) atoms. The Morgan fingerprint density at radius 3 is 2.57 bits per heavy atom. The van der Waals surface area contributed by atoms with Crippen LogP contribution in [0.25, 0.3) is 10.9 Å². The standard InChI is InChI=1S/C18H12ClF4NO5S/c1-7-8(5-14(26)27)9-4-12(25)10(19)6-11(9)24(7)16(28)13-2-3-15(30-13)29-18(22,23)17(20)21/h2-4,6,17,25H,5H2,1H3,(H,26,27). The summed E-state index contributed by atoms with van der Waals surface area (Å²) < 4.78 is 55.9. The third kappa shape index (κ3) is 3.94. The number of fused-ring (bicyclic) bond motifs is 1. The van der Waals surface area contributed by atoms with Crippen molar-refractivity contribution in [3.05, 3.63) is 45.4 Å². The van der Waals surface area contributed by atoms with Crippen LogP contribution in [0, 0.1) is 6.92 Å². The Kier molecular flexibility index (Phi) is 5.70. The van der Waals surface area contributed by atoms with Gasteiger partial charge in [-0.25, -0.2) is 0 Å². The molecule has 0 aliphatic carbocycles. The average Bonchev–Trinajstić information content (AvgIpc) is 3.18. The van der Waals surface area contributed by atoms with Gasteiger partial charge >= 0.3 is 18.5 Å². The molecular weight excluding hydrogens is 454 g/mol. The van der Waals surface area contributed by atoms with Crippen LogP contribution in [0.1, 0.15) is 20.9 Å². The number of aromatic hydroxyl groups is 1. The Morgan fingerprint density at radius 1 is 1.30 bits per heavy atom. The second-order valence-corrected chi connectivity index (χ2v) is 7.63. The summed E-state index contributed by atoms with van der Waals surface area (Å²) >= 11 is 6.34. The third-order valence-electron chi connectivity index (χ3n) is 4.22. The molecule has 0 aliphatic rings. The van der Waals surface area contributed by atoms with Gasteiger partial charge in [-0.1, -0.05) is 22.9 Å². The van der Waals surface area contributed by atoms with E-state index in [1.54, 1.807) is 0 Å². The van der Waals surface area contributed by atoms with Gasteiger partial charge in [0.25, 0.3) is 5.91 Å². The van der Waals surface area contributed by atoms with E-state index in [2.05, 4.69) is 4.74 Å². The van der Waals surface area contributed by atoms with Crippen molar-refractivity contribution < 1.29 is 42.1 Å². The molecule has 0 saturated carbocycles. The maximum Gasteiger partial charge on any atom is 0.461 e. The van der Waals surface area contributed by atoms with E-state index in [1.807, 2.05) is 0 Å². The van der Waals surface area contributed by atoms with Crippen LogP contribution in [-0.2, 0) is 11.2 Å². The second-order valence-electron chi connectivity index (χ2n) is 6.18. The molecule has 6 nitrogen and oxygen atoms in total. The van der Waals surface area contributed by atoms with Gasteiger partial charge in [-0.15, -0.1) is 0 Å². The number of carbonyl (C=O) groups excluding carboxylic acids is 1. The summed E-state index contributed by atoms with van der Waals surface area (Å²) in [4.78, 5) is 24.1. The van der Waals surface area contributed by atoms with Crippen molar-refractivity contribution in [1.82, 2.24) is 4.57 Å². The summed E-state index contributed by atoms with van der Waals surface area (Å²) in [5, 5.41) is 18.6. The monoisotopic (exact) mass is 465 g/mol. The lowest BCUT2D eigenvalue weighted by Crippen LogP contribution is -2.33. The number of hydrogen-bond acceptors (Lipinski definition) is 5. The molecule has 2 heterocycles. The maximum atomic E-state index is 13.1. The van der Waals surface area contributed by atoms with Gasteiger partial charge in [-0.2, -0.15) is 17.6 Å². The zero-order chi connectivity index (χ0) is 22.4. The van der Waals surface area contributed by atoms with Gasteiger partial charge in [0.05, 0.1) is 21.8 Å². The highest BCUT2D eigenvalue weighted by molar-refractivity contribution is 7.15. The highest BCUT2D eigenvalue weighted by Crippen LogP contribution is 2.37. The second kappa shape index (κ2) is 7.80. The number of phenols is 1. The van der Waals surface area contributed by atoms with Crippen LogP contribution >= 0.6 is 22.9 Å². The van der Waals surface area contributed by atoms with Gasteiger partial charge in [-0.05, 0) is 36.8 Å². The van der Waals surface area contributed by atoms with E-state index in [-0.39, 0.29) is 37.8 Å². The van der Waals surface area contributed by atoms with Gasteiger partial charge in [0.1, 0.15) is 5.75 Å². The molecule has 0 amide bonds. The largest absolute Gasteiger partial charge is 0.506 e. The number of ether oxygens (including phenoxy) is 1. The Bertz CT molecular complexity index is 1160. The molecule has 12 heteroatoms. The molecule has 0 spiro atoms. The van der Waals surface area contributed by atoms with Crippen molar-refractivity contribution in [3.63, 3.8) is 0 Å². The molecule has 2 N–H and O–H groups in total. The fourth-order valence-electron chi connectivity index (χ4n) is 2.90. The number of hydrogen-bond donors (Lipinski definition) is 2. The van der Waals surface area contributed by atoms with E-state index in [4.69, 9.17) is 16.7 Å². The predicted octanol–water partition coefficient (Wildman–Crippen LogP) is 4.92. The molecule has 2 aromatic heterocycles. The lowest BCUT2D eigenvalue weighted by molar-refractivity contribution is -0.251. The zero-order valence-corrected chi connectivity index (χ0v) is 16.5. The van der Waals surface area contributed by atoms with Crippen molar-refractivity contribution in [2.45, 2.75) is 25.9 Å². The lowest BCUT2D eigenvalue weighted by Gasteiger charge is -2.14. The van der Waals surface area contributed by atoms with Crippen molar-refractivity contribution in [1.29, 1.82) is 0 Å². The average molecular weight is 466 g/mol. The fraction of sp³-hybridized carbons (Fsp3) is 0.222.